The van der Waals surface area contributed by atoms with Crippen LogP contribution in [0.5, 0.6) is 11.6 Å². The van der Waals surface area contributed by atoms with Crippen molar-refractivity contribution in [1.82, 2.24) is 14.9 Å². The van der Waals surface area contributed by atoms with Crippen LogP contribution in [0.4, 0.5) is 4.39 Å². The van der Waals surface area contributed by atoms with Crippen LogP contribution in [0.3, 0.4) is 0 Å². The number of rotatable bonds is 4. The van der Waals surface area contributed by atoms with Gasteiger partial charge < -0.3 is 20.5 Å². The Morgan fingerprint density at radius 3 is 2.81 bits per heavy atom. The fourth-order valence-corrected chi connectivity index (χ4v) is 2.68. The summed E-state index contributed by atoms with van der Waals surface area (Å²) in [7, 11) is 0. The summed E-state index contributed by atoms with van der Waals surface area (Å²) in [6.07, 6.45) is 0.256. The van der Waals surface area contributed by atoms with Crippen LogP contribution in [0.25, 0.3) is 0 Å². The number of hydrogen-bond donors (Lipinski definition) is 2. The standard InChI is InChI=1S/C17H19FN4O3.ClH/c1-10-2-11(5-19)3-16(21-10)25-13-4-12(6-20-7-13)17(24)22-8-14(18)15(23)9-22;/h2-4,6-7,14-15,23H,5,8-9,19H2,1H3;1H. The summed E-state index contributed by atoms with van der Waals surface area (Å²) in [5.74, 6) is 0.285. The summed E-state index contributed by atoms with van der Waals surface area (Å²) in [4.78, 5) is 21.9. The first kappa shape index (κ1) is 20.0. The van der Waals surface area contributed by atoms with Crippen molar-refractivity contribution in [1.29, 1.82) is 0 Å². The molecule has 140 valence electrons. The number of carbonyl (C=O) groups excluding carboxylic acids is 1. The van der Waals surface area contributed by atoms with Crippen molar-refractivity contribution < 1.29 is 19.0 Å². The number of aryl methyl sites for hydroxylation is 1. The molecule has 1 amide bonds. The molecule has 3 rings (SSSR count). The van der Waals surface area contributed by atoms with E-state index < -0.39 is 18.2 Å². The molecule has 1 aliphatic rings. The Labute approximate surface area is 156 Å². The van der Waals surface area contributed by atoms with E-state index in [9.17, 15) is 14.3 Å². The van der Waals surface area contributed by atoms with Gasteiger partial charge >= 0.3 is 0 Å². The molecule has 0 aliphatic carbocycles. The van der Waals surface area contributed by atoms with Crippen LogP contribution >= 0.6 is 12.4 Å². The molecule has 1 saturated heterocycles. The highest BCUT2D eigenvalue weighted by Crippen LogP contribution is 2.23. The quantitative estimate of drug-likeness (QED) is 0.833. The minimum absolute atomic E-state index is 0. The van der Waals surface area contributed by atoms with Crippen LogP contribution in [0.2, 0.25) is 0 Å². The molecular weight excluding hydrogens is 363 g/mol. The first-order chi connectivity index (χ1) is 12.0. The lowest BCUT2D eigenvalue weighted by molar-refractivity contribution is 0.0763. The maximum Gasteiger partial charge on any atom is 0.255 e. The second-order valence-electron chi connectivity index (χ2n) is 5.96. The predicted molar refractivity (Wildman–Crippen MR) is 95.2 cm³/mol. The molecule has 3 heterocycles. The summed E-state index contributed by atoms with van der Waals surface area (Å²) in [5, 5.41) is 9.46. The summed E-state index contributed by atoms with van der Waals surface area (Å²) in [5.41, 5.74) is 7.53. The van der Waals surface area contributed by atoms with Gasteiger partial charge in [-0.2, -0.15) is 0 Å². The van der Waals surface area contributed by atoms with Crippen LogP contribution in [-0.2, 0) is 6.54 Å². The number of halogens is 2. The molecular formula is C17H20ClFN4O3. The molecule has 3 N–H and O–H groups in total. The van der Waals surface area contributed by atoms with Crippen LogP contribution in [0.1, 0.15) is 21.6 Å². The largest absolute Gasteiger partial charge is 0.437 e. The molecule has 0 spiro atoms. The van der Waals surface area contributed by atoms with Gasteiger partial charge in [0.2, 0.25) is 5.88 Å². The van der Waals surface area contributed by atoms with E-state index in [0.29, 0.717) is 18.2 Å². The van der Waals surface area contributed by atoms with Crippen molar-refractivity contribution in [3.63, 3.8) is 0 Å². The Hall–Kier alpha value is -2.29. The molecule has 9 heteroatoms. The first-order valence-electron chi connectivity index (χ1n) is 7.88. The number of aliphatic hydroxyl groups excluding tert-OH is 1. The van der Waals surface area contributed by atoms with E-state index in [1.165, 1.54) is 23.4 Å². The van der Waals surface area contributed by atoms with Gasteiger partial charge in [-0.05, 0) is 24.6 Å². The summed E-state index contributed by atoms with van der Waals surface area (Å²) in [6.45, 7) is 2.02. The Kier molecular flexibility index (Phi) is 6.47. The normalized spacial score (nSPS) is 19.2. The number of amides is 1. The van der Waals surface area contributed by atoms with Gasteiger partial charge in [0.25, 0.3) is 5.91 Å². The molecule has 26 heavy (non-hydrogen) atoms. The molecule has 1 fully saturated rings. The average molecular weight is 383 g/mol. The molecule has 7 nitrogen and oxygen atoms in total. The number of pyridine rings is 2. The molecule has 2 atom stereocenters. The Bertz CT molecular complexity index is 782. The third kappa shape index (κ3) is 4.46. The fourth-order valence-electron chi connectivity index (χ4n) is 2.68. The van der Waals surface area contributed by atoms with Crippen molar-refractivity contribution in [3.05, 3.63) is 47.4 Å². The molecule has 0 aromatic carbocycles. The number of nitrogens with two attached hydrogens (primary N) is 1. The van der Waals surface area contributed by atoms with E-state index in [0.717, 1.165) is 11.3 Å². The maximum absolute atomic E-state index is 13.4. The summed E-state index contributed by atoms with van der Waals surface area (Å²) in [6, 6.07) is 5.09. The Balaban J connectivity index is 0.00000243. The minimum atomic E-state index is -1.43. The maximum atomic E-state index is 13.4. The lowest BCUT2D eigenvalue weighted by Crippen LogP contribution is -2.29. The number of nitrogens with zero attached hydrogens (tertiary/aromatic N) is 3. The number of aromatic nitrogens is 2. The molecule has 1 aliphatic heterocycles. The Morgan fingerprint density at radius 2 is 2.15 bits per heavy atom. The van der Waals surface area contributed by atoms with E-state index >= 15 is 0 Å². The molecule has 2 aromatic heterocycles. The fraction of sp³-hybridized carbons (Fsp3) is 0.353. The van der Waals surface area contributed by atoms with E-state index in [4.69, 9.17) is 10.5 Å². The number of hydrogen-bond acceptors (Lipinski definition) is 6. The molecule has 0 saturated carbocycles. The van der Waals surface area contributed by atoms with E-state index in [-0.39, 0.29) is 31.1 Å². The van der Waals surface area contributed by atoms with Crippen LogP contribution in [-0.4, -0.2) is 51.2 Å². The molecule has 0 radical (unpaired) electrons. The second-order valence-corrected chi connectivity index (χ2v) is 5.96. The summed E-state index contributed by atoms with van der Waals surface area (Å²) >= 11 is 0. The first-order valence-corrected chi connectivity index (χ1v) is 7.88. The monoisotopic (exact) mass is 382 g/mol. The number of ether oxygens (including phenoxy) is 1. The van der Waals surface area contributed by atoms with E-state index in [1.54, 1.807) is 6.07 Å². The SMILES string of the molecule is Cc1cc(CN)cc(Oc2cncc(C(=O)N3CC(O)C(F)C3)c2)n1.Cl. The van der Waals surface area contributed by atoms with Gasteiger partial charge in [0.1, 0.15) is 18.0 Å². The molecule has 2 aromatic rings. The van der Waals surface area contributed by atoms with Gasteiger partial charge in [-0.3, -0.25) is 9.78 Å². The second kappa shape index (κ2) is 8.39. The third-order valence-corrected chi connectivity index (χ3v) is 3.91. The topological polar surface area (TPSA) is 102 Å². The highest BCUT2D eigenvalue weighted by molar-refractivity contribution is 5.94. The van der Waals surface area contributed by atoms with Crippen molar-refractivity contribution in [2.75, 3.05) is 13.1 Å². The molecule has 0 bridgehead atoms. The van der Waals surface area contributed by atoms with Gasteiger partial charge in [0.15, 0.2) is 0 Å². The third-order valence-electron chi connectivity index (χ3n) is 3.91. The number of β-amino-alcohol motifs (C(OH)–C–C–N with tert-alkyl or cyclic N) is 1. The number of likely N-dealkylation sites (tertiary alicyclic amines) is 1. The lowest BCUT2D eigenvalue weighted by atomic mass is 10.2. The van der Waals surface area contributed by atoms with Crippen molar-refractivity contribution in [2.24, 2.45) is 5.73 Å². The zero-order valence-electron chi connectivity index (χ0n) is 14.1. The van der Waals surface area contributed by atoms with Gasteiger partial charge in [-0.1, -0.05) is 0 Å². The number of alkyl halides is 1. The van der Waals surface area contributed by atoms with Gasteiger partial charge in [0.05, 0.1) is 18.3 Å². The highest BCUT2D eigenvalue weighted by Gasteiger charge is 2.34. The highest BCUT2D eigenvalue weighted by atomic mass is 35.5. The van der Waals surface area contributed by atoms with Crippen LogP contribution in [0.15, 0.2) is 30.6 Å². The zero-order valence-corrected chi connectivity index (χ0v) is 14.9. The number of carbonyl (C=O) groups is 1. The predicted octanol–water partition coefficient (Wildman–Crippen LogP) is 1.61. The van der Waals surface area contributed by atoms with Gasteiger partial charge in [0, 0.05) is 31.0 Å². The van der Waals surface area contributed by atoms with Crippen LogP contribution < -0.4 is 10.5 Å². The minimum Gasteiger partial charge on any atom is -0.437 e. The smallest absolute Gasteiger partial charge is 0.255 e. The molecule has 2 unspecified atom stereocenters. The van der Waals surface area contributed by atoms with Crippen molar-refractivity contribution >= 4 is 18.3 Å². The van der Waals surface area contributed by atoms with E-state index in [2.05, 4.69) is 9.97 Å². The van der Waals surface area contributed by atoms with Crippen molar-refractivity contribution in [2.45, 2.75) is 25.7 Å². The van der Waals surface area contributed by atoms with Gasteiger partial charge in [-0.25, -0.2) is 9.37 Å². The number of aliphatic hydroxyl groups is 1. The van der Waals surface area contributed by atoms with E-state index in [1.807, 2.05) is 13.0 Å². The Morgan fingerprint density at radius 1 is 1.38 bits per heavy atom. The average Bonchev–Trinajstić information content (AvgIpc) is 2.93. The van der Waals surface area contributed by atoms with Gasteiger partial charge in [-0.15, -0.1) is 12.4 Å². The van der Waals surface area contributed by atoms with Crippen molar-refractivity contribution in [3.8, 4) is 11.6 Å². The lowest BCUT2D eigenvalue weighted by Gasteiger charge is -2.15. The zero-order chi connectivity index (χ0) is 18.0. The summed E-state index contributed by atoms with van der Waals surface area (Å²) < 4.78 is 19.1. The van der Waals surface area contributed by atoms with Crippen LogP contribution in [0, 0.1) is 6.92 Å².